The highest BCUT2D eigenvalue weighted by molar-refractivity contribution is 5.58. The Kier molecular flexibility index (Phi) is 4.87. The second kappa shape index (κ2) is 7.36. The van der Waals surface area contributed by atoms with Crippen LogP contribution in [-0.4, -0.2) is 21.4 Å². The van der Waals surface area contributed by atoms with Gasteiger partial charge in [0.25, 0.3) is 5.56 Å². The lowest BCUT2D eigenvalue weighted by atomic mass is 10.0. The van der Waals surface area contributed by atoms with E-state index in [0.717, 1.165) is 11.6 Å². The zero-order valence-corrected chi connectivity index (χ0v) is 15.5. The Labute approximate surface area is 165 Å². The molecule has 4 rings (SSSR count). The molecule has 3 aromatic rings. The largest absolute Gasteiger partial charge is 0.416 e. The van der Waals surface area contributed by atoms with Gasteiger partial charge in [0.1, 0.15) is 5.82 Å². The minimum atomic E-state index is -4.40. The number of nitrogens with one attached hydrogen (secondary N) is 1. The number of hydrogen-bond donors (Lipinski definition) is 2. The highest BCUT2D eigenvalue weighted by Gasteiger charge is 2.33. The van der Waals surface area contributed by atoms with Gasteiger partial charge >= 0.3 is 6.18 Å². The van der Waals surface area contributed by atoms with Crippen molar-refractivity contribution in [1.82, 2.24) is 14.9 Å². The van der Waals surface area contributed by atoms with E-state index in [1.807, 2.05) is 4.90 Å². The first-order chi connectivity index (χ1) is 13.8. The minimum absolute atomic E-state index is 0.140. The fraction of sp³-hybridized carbons (Fsp3) is 0.238. The molecule has 0 bridgehead atoms. The van der Waals surface area contributed by atoms with E-state index in [4.69, 9.17) is 5.73 Å². The van der Waals surface area contributed by atoms with Gasteiger partial charge in [-0.3, -0.25) is 9.69 Å². The van der Waals surface area contributed by atoms with Crippen molar-refractivity contribution in [3.8, 4) is 11.4 Å². The first-order valence-corrected chi connectivity index (χ1v) is 9.17. The number of anilines is 1. The summed E-state index contributed by atoms with van der Waals surface area (Å²) in [7, 11) is 0. The van der Waals surface area contributed by atoms with Gasteiger partial charge in [-0.1, -0.05) is 18.2 Å². The molecule has 0 saturated heterocycles. The summed E-state index contributed by atoms with van der Waals surface area (Å²) in [6.45, 7) is 0.944. The second-order valence-corrected chi connectivity index (χ2v) is 7.08. The Bertz CT molecular complexity index is 1090. The van der Waals surface area contributed by atoms with E-state index in [2.05, 4.69) is 9.97 Å². The number of nitrogens with two attached hydrogens (primary N) is 1. The quantitative estimate of drug-likeness (QED) is 0.659. The van der Waals surface area contributed by atoms with Gasteiger partial charge in [-0.25, -0.2) is 4.98 Å². The second-order valence-electron chi connectivity index (χ2n) is 7.08. The van der Waals surface area contributed by atoms with Crippen LogP contribution < -0.4 is 11.3 Å². The van der Waals surface area contributed by atoms with Gasteiger partial charge in [0.2, 0.25) is 0 Å². The fourth-order valence-electron chi connectivity index (χ4n) is 3.58. The summed E-state index contributed by atoms with van der Waals surface area (Å²) in [6.07, 6.45) is -3.96. The van der Waals surface area contributed by atoms with Crippen LogP contribution in [-0.2, 0) is 25.7 Å². The lowest BCUT2D eigenvalue weighted by Gasteiger charge is -2.28. The number of alkyl halides is 3. The van der Waals surface area contributed by atoms with Crippen molar-refractivity contribution < 1.29 is 13.2 Å². The lowest BCUT2D eigenvalue weighted by molar-refractivity contribution is -0.138. The van der Waals surface area contributed by atoms with Crippen LogP contribution in [0.25, 0.3) is 11.4 Å². The Balaban J connectivity index is 1.62. The summed E-state index contributed by atoms with van der Waals surface area (Å²) in [4.78, 5) is 21.7. The number of H-pyrrole nitrogens is 1. The van der Waals surface area contributed by atoms with Gasteiger partial charge in [0, 0.05) is 36.4 Å². The molecule has 29 heavy (non-hydrogen) atoms. The molecule has 1 aromatic heterocycles. The van der Waals surface area contributed by atoms with Crippen LogP contribution in [0.15, 0.2) is 53.3 Å². The molecule has 1 aliphatic rings. The van der Waals surface area contributed by atoms with Gasteiger partial charge in [-0.15, -0.1) is 0 Å². The van der Waals surface area contributed by atoms with E-state index in [-0.39, 0.29) is 17.7 Å². The maximum absolute atomic E-state index is 13.3. The molecule has 0 amide bonds. The Morgan fingerprint density at radius 2 is 1.83 bits per heavy atom. The highest BCUT2D eigenvalue weighted by Crippen LogP contribution is 2.33. The summed E-state index contributed by atoms with van der Waals surface area (Å²) in [6, 6.07) is 12.5. The Morgan fingerprint density at radius 1 is 1.10 bits per heavy atom. The molecule has 0 aliphatic carbocycles. The average molecular weight is 400 g/mol. The molecule has 0 saturated carbocycles. The molecule has 2 aromatic carbocycles. The van der Waals surface area contributed by atoms with Gasteiger partial charge in [-0.2, -0.15) is 13.2 Å². The Morgan fingerprint density at radius 3 is 2.55 bits per heavy atom. The number of nitrogen functional groups attached to an aromatic ring is 1. The monoisotopic (exact) mass is 400 g/mol. The summed E-state index contributed by atoms with van der Waals surface area (Å²) < 4.78 is 39.8. The number of fused-ring (bicyclic) bond motifs is 1. The van der Waals surface area contributed by atoms with Gasteiger partial charge in [-0.05, 0) is 42.3 Å². The molecule has 0 fully saturated rings. The molecule has 0 spiro atoms. The highest BCUT2D eigenvalue weighted by atomic mass is 19.4. The zero-order valence-electron chi connectivity index (χ0n) is 15.5. The predicted molar refractivity (Wildman–Crippen MR) is 104 cm³/mol. The van der Waals surface area contributed by atoms with E-state index in [9.17, 15) is 18.0 Å². The van der Waals surface area contributed by atoms with Crippen LogP contribution in [0.2, 0.25) is 0 Å². The third-order valence-electron chi connectivity index (χ3n) is 5.05. The number of hydrogen-bond acceptors (Lipinski definition) is 4. The minimum Gasteiger partial charge on any atom is -0.399 e. The van der Waals surface area contributed by atoms with Crippen molar-refractivity contribution in [1.29, 1.82) is 0 Å². The Hall–Kier alpha value is -3.13. The third kappa shape index (κ3) is 4.02. The fourth-order valence-corrected chi connectivity index (χ4v) is 3.58. The molecule has 0 radical (unpaired) electrons. The maximum Gasteiger partial charge on any atom is 0.416 e. The average Bonchev–Trinajstić information content (AvgIpc) is 2.68. The van der Waals surface area contributed by atoms with E-state index in [1.54, 1.807) is 30.3 Å². The van der Waals surface area contributed by atoms with Gasteiger partial charge in [0.05, 0.1) is 11.3 Å². The molecule has 150 valence electrons. The molecule has 0 unspecified atom stereocenters. The van der Waals surface area contributed by atoms with E-state index in [1.165, 1.54) is 12.1 Å². The van der Waals surface area contributed by atoms with Crippen LogP contribution in [0.5, 0.6) is 0 Å². The molecule has 2 heterocycles. The summed E-state index contributed by atoms with van der Waals surface area (Å²) in [5.41, 5.74) is 7.58. The van der Waals surface area contributed by atoms with Crippen molar-refractivity contribution >= 4 is 5.69 Å². The van der Waals surface area contributed by atoms with Crippen LogP contribution in [0, 0.1) is 0 Å². The van der Waals surface area contributed by atoms with E-state index in [0.29, 0.717) is 42.3 Å². The van der Waals surface area contributed by atoms with Crippen LogP contribution in [0.3, 0.4) is 0 Å². The van der Waals surface area contributed by atoms with Crippen LogP contribution in [0.4, 0.5) is 18.9 Å². The van der Waals surface area contributed by atoms with Crippen molar-refractivity contribution in [3.63, 3.8) is 0 Å². The number of aromatic amines is 1. The van der Waals surface area contributed by atoms with Crippen LogP contribution in [0.1, 0.15) is 22.4 Å². The third-order valence-corrected chi connectivity index (χ3v) is 5.05. The number of nitrogens with zero attached hydrogens (tertiary/aromatic N) is 2. The van der Waals surface area contributed by atoms with Gasteiger partial charge in [0.15, 0.2) is 0 Å². The molecule has 1 aliphatic heterocycles. The van der Waals surface area contributed by atoms with Crippen molar-refractivity contribution in [3.05, 3.63) is 81.3 Å². The SMILES string of the molecule is Nc1ccc(-c2nc3c(c(=O)[nH]2)CCN(Cc2ccccc2C(F)(F)F)C3)cc1. The molecule has 8 heteroatoms. The summed E-state index contributed by atoms with van der Waals surface area (Å²) in [5.74, 6) is 0.422. The molecular weight excluding hydrogens is 381 g/mol. The summed E-state index contributed by atoms with van der Waals surface area (Å²) in [5, 5.41) is 0. The predicted octanol–water partition coefficient (Wildman–Crippen LogP) is 3.60. The van der Waals surface area contributed by atoms with Gasteiger partial charge < -0.3 is 10.7 Å². The topological polar surface area (TPSA) is 75.0 Å². The zero-order chi connectivity index (χ0) is 20.6. The lowest BCUT2D eigenvalue weighted by Crippen LogP contribution is -2.35. The van der Waals surface area contributed by atoms with Crippen molar-refractivity contribution in [2.24, 2.45) is 0 Å². The first kappa shape index (κ1) is 19.2. The normalized spacial score (nSPS) is 14.6. The number of rotatable bonds is 3. The number of halogens is 3. The summed E-state index contributed by atoms with van der Waals surface area (Å²) >= 11 is 0. The smallest absolute Gasteiger partial charge is 0.399 e. The standard InChI is InChI=1S/C21H19F3N4O/c22-21(23,24)17-4-2-1-3-14(17)11-28-10-9-16-18(12-28)26-19(27-20(16)29)13-5-7-15(25)8-6-13/h1-8H,9-12,25H2,(H,26,27,29). The van der Waals surface area contributed by atoms with Crippen molar-refractivity contribution in [2.75, 3.05) is 12.3 Å². The molecule has 5 nitrogen and oxygen atoms in total. The maximum atomic E-state index is 13.3. The number of aromatic nitrogens is 2. The van der Waals surface area contributed by atoms with Crippen LogP contribution >= 0.6 is 0 Å². The van der Waals surface area contributed by atoms with E-state index >= 15 is 0 Å². The molecule has 3 N–H and O–H groups in total. The number of benzene rings is 2. The van der Waals surface area contributed by atoms with Crippen molar-refractivity contribution in [2.45, 2.75) is 25.7 Å². The first-order valence-electron chi connectivity index (χ1n) is 9.17. The van der Waals surface area contributed by atoms with E-state index < -0.39 is 11.7 Å². The molecule has 0 atom stereocenters. The molecular formula is C21H19F3N4O.